The van der Waals surface area contributed by atoms with Crippen LogP contribution in [-0.4, -0.2) is 61.9 Å². The Balaban J connectivity index is 3.92. The average Bonchev–Trinajstić information content (AvgIpc) is 2.34. The van der Waals surface area contributed by atoms with Gasteiger partial charge in [-0.25, -0.2) is 0 Å². The number of hydrogen-bond donors (Lipinski definition) is 1. The van der Waals surface area contributed by atoms with Gasteiger partial charge >= 0.3 is 0 Å². The number of rotatable bonds is 10. The molecule has 0 bridgehead atoms. The highest BCUT2D eigenvalue weighted by Crippen LogP contribution is 1.98. The maximum atomic E-state index is 11.9. The monoisotopic (exact) mass is 271 g/mol. The van der Waals surface area contributed by atoms with Gasteiger partial charge in [0.25, 0.3) is 0 Å². The molecule has 2 amide bonds. The maximum Gasteiger partial charge on any atom is 0.232 e. The van der Waals surface area contributed by atoms with Crippen LogP contribution in [0.25, 0.3) is 0 Å². The normalized spacial score (nSPS) is 10.6. The molecule has 0 aromatic heterocycles. The molecular weight excluding hydrogens is 242 g/mol. The van der Waals surface area contributed by atoms with E-state index in [4.69, 9.17) is 0 Å². The Bertz CT molecular complexity index is 261. The molecule has 0 rings (SSSR count). The van der Waals surface area contributed by atoms with Crippen LogP contribution in [0.2, 0.25) is 0 Å². The van der Waals surface area contributed by atoms with Crippen molar-refractivity contribution >= 4 is 11.8 Å². The first kappa shape index (κ1) is 17.9. The molecule has 0 aromatic rings. The van der Waals surface area contributed by atoms with E-state index in [0.29, 0.717) is 6.54 Å². The molecular formula is C14H29N3O2. The summed E-state index contributed by atoms with van der Waals surface area (Å²) in [6.07, 6.45) is 2.73. The summed E-state index contributed by atoms with van der Waals surface area (Å²) in [5, 5.41) is 2.79. The molecule has 5 nitrogen and oxygen atoms in total. The first-order chi connectivity index (χ1) is 9.01. The molecule has 0 radical (unpaired) electrons. The van der Waals surface area contributed by atoms with Crippen molar-refractivity contribution in [1.29, 1.82) is 0 Å². The van der Waals surface area contributed by atoms with E-state index >= 15 is 0 Å². The highest BCUT2D eigenvalue weighted by molar-refractivity contribution is 5.96. The van der Waals surface area contributed by atoms with Gasteiger partial charge in [0, 0.05) is 19.6 Å². The van der Waals surface area contributed by atoms with Crippen LogP contribution in [0.15, 0.2) is 0 Å². The van der Waals surface area contributed by atoms with Crippen LogP contribution in [-0.2, 0) is 9.59 Å². The summed E-state index contributed by atoms with van der Waals surface area (Å²) in [4.78, 5) is 27.4. The van der Waals surface area contributed by atoms with E-state index < -0.39 is 0 Å². The zero-order chi connectivity index (χ0) is 14.7. The number of nitrogens with zero attached hydrogens (tertiary/aromatic N) is 2. The Hall–Kier alpha value is -1.10. The first-order valence-corrected chi connectivity index (χ1v) is 7.20. The van der Waals surface area contributed by atoms with Crippen molar-refractivity contribution in [3.05, 3.63) is 0 Å². The van der Waals surface area contributed by atoms with E-state index in [1.807, 2.05) is 27.9 Å². The lowest BCUT2D eigenvalue weighted by Crippen LogP contribution is -2.37. The summed E-state index contributed by atoms with van der Waals surface area (Å²) in [5.74, 6) is -0.227. The lowest BCUT2D eigenvalue weighted by molar-refractivity contribution is -0.136. The fourth-order valence-corrected chi connectivity index (χ4v) is 1.84. The number of carbonyl (C=O) groups excluding carboxylic acids is 2. The second kappa shape index (κ2) is 10.8. The van der Waals surface area contributed by atoms with Crippen molar-refractivity contribution in [3.63, 3.8) is 0 Å². The molecule has 0 aliphatic heterocycles. The van der Waals surface area contributed by atoms with Crippen molar-refractivity contribution in [2.24, 2.45) is 0 Å². The lowest BCUT2D eigenvalue weighted by Gasteiger charge is -2.21. The highest BCUT2D eigenvalue weighted by atomic mass is 16.2. The third-order valence-electron chi connectivity index (χ3n) is 2.76. The fourth-order valence-electron chi connectivity index (χ4n) is 1.84. The summed E-state index contributed by atoms with van der Waals surface area (Å²) in [7, 11) is 4.00. The van der Waals surface area contributed by atoms with E-state index in [0.717, 1.165) is 38.9 Å². The minimum atomic E-state index is -0.166. The smallest absolute Gasteiger partial charge is 0.232 e. The van der Waals surface area contributed by atoms with Crippen molar-refractivity contribution in [2.45, 2.75) is 39.5 Å². The molecule has 0 heterocycles. The van der Waals surface area contributed by atoms with Gasteiger partial charge in [-0.1, -0.05) is 13.8 Å². The van der Waals surface area contributed by atoms with Crippen LogP contribution in [0.3, 0.4) is 0 Å². The molecule has 19 heavy (non-hydrogen) atoms. The Morgan fingerprint density at radius 3 is 2.05 bits per heavy atom. The van der Waals surface area contributed by atoms with Gasteiger partial charge in [-0.3, -0.25) is 9.59 Å². The molecule has 112 valence electrons. The van der Waals surface area contributed by atoms with Crippen LogP contribution in [0.1, 0.15) is 39.5 Å². The maximum absolute atomic E-state index is 11.9. The molecule has 0 saturated heterocycles. The largest absolute Gasteiger partial charge is 0.356 e. The zero-order valence-electron chi connectivity index (χ0n) is 12.9. The van der Waals surface area contributed by atoms with Crippen molar-refractivity contribution in [3.8, 4) is 0 Å². The van der Waals surface area contributed by atoms with Crippen LogP contribution in [0.4, 0.5) is 0 Å². The third-order valence-corrected chi connectivity index (χ3v) is 2.76. The molecule has 0 aromatic carbocycles. The molecule has 5 heteroatoms. The second-order valence-electron chi connectivity index (χ2n) is 5.06. The summed E-state index contributed by atoms with van der Waals surface area (Å²) >= 11 is 0. The zero-order valence-corrected chi connectivity index (χ0v) is 12.9. The van der Waals surface area contributed by atoms with E-state index in [1.165, 1.54) is 0 Å². The van der Waals surface area contributed by atoms with Gasteiger partial charge in [0.1, 0.15) is 6.42 Å². The average molecular weight is 271 g/mol. The Morgan fingerprint density at radius 2 is 1.58 bits per heavy atom. The predicted octanol–water partition coefficient (Wildman–Crippen LogP) is 1.09. The van der Waals surface area contributed by atoms with Gasteiger partial charge in [-0.2, -0.15) is 0 Å². The summed E-state index contributed by atoms with van der Waals surface area (Å²) in [6.45, 7) is 7.12. The Kier molecular flexibility index (Phi) is 10.2. The Morgan fingerprint density at radius 1 is 1.00 bits per heavy atom. The molecule has 0 saturated carbocycles. The van der Waals surface area contributed by atoms with Gasteiger partial charge in [-0.15, -0.1) is 0 Å². The van der Waals surface area contributed by atoms with Gasteiger partial charge < -0.3 is 15.1 Å². The quantitative estimate of drug-likeness (QED) is 0.478. The van der Waals surface area contributed by atoms with E-state index in [-0.39, 0.29) is 18.2 Å². The van der Waals surface area contributed by atoms with Crippen molar-refractivity contribution < 1.29 is 9.59 Å². The minimum Gasteiger partial charge on any atom is -0.356 e. The number of nitrogens with one attached hydrogen (secondary N) is 1. The highest BCUT2D eigenvalue weighted by Gasteiger charge is 2.15. The number of amides is 2. The Labute approximate surface area is 117 Å². The molecule has 1 N–H and O–H groups in total. The fraction of sp³-hybridized carbons (Fsp3) is 0.857. The topological polar surface area (TPSA) is 52.7 Å². The second-order valence-corrected chi connectivity index (χ2v) is 5.06. The van der Waals surface area contributed by atoms with Gasteiger partial charge in [-0.05, 0) is 39.9 Å². The van der Waals surface area contributed by atoms with Crippen LogP contribution < -0.4 is 5.32 Å². The third kappa shape index (κ3) is 9.47. The minimum absolute atomic E-state index is 0.0258. The van der Waals surface area contributed by atoms with Gasteiger partial charge in [0.15, 0.2) is 0 Å². The number of hydrogen-bond acceptors (Lipinski definition) is 3. The van der Waals surface area contributed by atoms with Gasteiger partial charge in [0.05, 0.1) is 0 Å². The first-order valence-electron chi connectivity index (χ1n) is 7.20. The predicted molar refractivity (Wildman–Crippen MR) is 78.0 cm³/mol. The van der Waals surface area contributed by atoms with Gasteiger partial charge in [0.2, 0.25) is 11.8 Å². The van der Waals surface area contributed by atoms with E-state index in [9.17, 15) is 9.59 Å². The standard InChI is InChI=1S/C14H29N3O2/c1-5-9-17(10-6-2)14(19)12-13(18)15-8-7-11-16(3)4/h5-12H2,1-4H3,(H,15,18). The van der Waals surface area contributed by atoms with E-state index in [2.05, 4.69) is 10.2 Å². The molecule has 0 unspecified atom stereocenters. The molecule has 0 aliphatic carbocycles. The summed E-state index contributed by atoms with van der Waals surface area (Å²) < 4.78 is 0. The van der Waals surface area contributed by atoms with Crippen molar-refractivity contribution in [2.75, 3.05) is 40.3 Å². The molecule has 0 fully saturated rings. The van der Waals surface area contributed by atoms with Crippen LogP contribution in [0, 0.1) is 0 Å². The molecule has 0 spiro atoms. The van der Waals surface area contributed by atoms with Crippen LogP contribution >= 0.6 is 0 Å². The van der Waals surface area contributed by atoms with Crippen LogP contribution in [0.5, 0.6) is 0 Å². The SMILES string of the molecule is CCCN(CCC)C(=O)CC(=O)NCCCN(C)C. The summed E-state index contributed by atoms with van der Waals surface area (Å²) in [6, 6.07) is 0. The lowest BCUT2D eigenvalue weighted by atomic mass is 10.3. The molecule has 0 atom stereocenters. The van der Waals surface area contributed by atoms with E-state index in [1.54, 1.807) is 4.90 Å². The number of carbonyl (C=O) groups is 2. The van der Waals surface area contributed by atoms with Crippen molar-refractivity contribution in [1.82, 2.24) is 15.1 Å². The summed E-state index contributed by atoms with van der Waals surface area (Å²) in [5.41, 5.74) is 0. The molecule has 0 aliphatic rings.